The molecule has 122 valence electrons. The Kier molecular flexibility index (Phi) is 7.11. The molecule has 1 rings (SSSR count). The molecule has 1 aromatic carbocycles. The van der Waals surface area contributed by atoms with Crippen LogP contribution < -0.4 is 9.26 Å². The van der Waals surface area contributed by atoms with E-state index in [1.165, 1.54) is 26.2 Å². The number of rotatable bonds is 9. The van der Waals surface area contributed by atoms with Crippen molar-refractivity contribution >= 4 is 13.8 Å². The minimum Gasteiger partial charge on any atom is -0.497 e. The second kappa shape index (κ2) is 8.58. The van der Waals surface area contributed by atoms with Gasteiger partial charge in [-0.25, -0.2) is 9.36 Å². The van der Waals surface area contributed by atoms with Crippen LogP contribution in [0.4, 0.5) is 0 Å². The van der Waals surface area contributed by atoms with E-state index in [0.717, 1.165) is 0 Å². The zero-order valence-corrected chi connectivity index (χ0v) is 13.4. The summed E-state index contributed by atoms with van der Waals surface area (Å²) < 4.78 is 31.1. The lowest BCUT2D eigenvalue weighted by Crippen LogP contribution is -2.08. The Balaban J connectivity index is 2.32. The monoisotopic (exact) mass is 330 g/mol. The number of hydrogen-bond donors (Lipinski definition) is 1. The van der Waals surface area contributed by atoms with Crippen LogP contribution in [0.3, 0.4) is 0 Å². The van der Waals surface area contributed by atoms with Gasteiger partial charge in [0.2, 0.25) is 0 Å². The summed E-state index contributed by atoms with van der Waals surface area (Å²) in [4.78, 5) is 20.6. The first-order chi connectivity index (χ1) is 10.3. The highest BCUT2D eigenvalue weighted by Gasteiger charge is 2.22. The van der Waals surface area contributed by atoms with Crippen molar-refractivity contribution in [1.82, 2.24) is 0 Å². The summed E-state index contributed by atoms with van der Waals surface area (Å²) in [5, 5.41) is 0. The molecular weight excluding hydrogens is 311 g/mol. The minimum atomic E-state index is -4.22. The molecule has 0 saturated heterocycles. The van der Waals surface area contributed by atoms with Crippen molar-refractivity contribution in [3.63, 3.8) is 0 Å². The zero-order valence-electron chi connectivity index (χ0n) is 12.5. The second-order valence-corrected chi connectivity index (χ2v) is 5.72. The van der Waals surface area contributed by atoms with Crippen molar-refractivity contribution in [2.45, 2.75) is 13.3 Å². The molecule has 22 heavy (non-hydrogen) atoms. The summed E-state index contributed by atoms with van der Waals surface area (Å²) in [6.07, 6.45) is 0.259. The Morgan fingerprint density at radius 2 is 1.82 bits per heavy atom. The molecule has 1 unspecified atom stereocenters. The second-order valence-electron chi connectivity index (χ2n) is 4.34. The number of phosphoric acid groups is 1. The summed E-state index contributed by atoms with van der Waals surface area (Å²) in [6.45, 7) is 4.94. The fourth-order valence-electron chi connectivity index (χ4n) is 1.32. The van der Waals surface area contributed by atoms with Crippen LogP contribution in [0.5, 0.6) is 11.5 Å². The van der Waals surface area contributed by atoms with Gasteiger partial charge in [-0.05, 0) is 31.2 Å². The maximum atomic E-state index is 11.7. The van der Waals surface area contributed by atoms with Gasteiger partial charge in [-0.3, -0.25) is 9.42 Å². The fourth-order valence-corrected chi connectivity index (χ4v) is 2.12. The van der Waals surface area contributed by atoms with Gasteiger partial charge in [0.1, 0.15) is 11.5 Å². The number of phosphoric ester groups is 1. The van der Waals surface area contributed by atoms with Crippen LogP contribution >= 0.6 is 7.82 Å². The molecule has 0 bridgehead atoms. The Morgan fingerprint density at radius 1 is 1.23 bits per heavy atom. The number of methoxy groups -OCH3 is 1. The maximum absolute atomic E-state index is 11.7. The number of benzene rings is 1. The third kappa shape index (κ3) is 6.76. The minimum absolute atomic E-state index is 0.0637. The van der Waals surface area contributed by atoms with Crippen LogP contribution in [-0.2, 0) is 18.6 Å². The van der Waals surface area contributed by atoms with Crippen molar-refractivity contribution < 1.29 is 32.8 Å². The highest BCUT2D eigenvalue weighted by Crippen LogP contribution is 2.44. The normalized spacial score (nSPS) is 13.0. The van der Waals surface area contributed by atoms with Crippen LogP contribution in [0.2, 0.25) is 0 Å². The smallest absolute Gasteiger partial charge is 0.497 e. The summed E-state index contributed by atoms with van der Waals surface area (Å²) >= 11 is 0. The summed E-state index contributed by atoms with van der Waals surface area (Å²) in [5.41, 5.74) is 0.289. The van der Waals surface area contributed by atoms with Crippen LogP contribution in [0.25, 0.3) is 0 Å². The highest BCUT2D eigenvalue weighted by molar-refractivity contribution is 7.47. The van der Waals surface area contributed by atoms with Crippen LogP contribution in [0, 0.1) is 0 Å². The lowest BCUT2D eigenvalue weighted by Gasteiger charge is -2.13. The van der Waals surface area contributed by atoms with E-state index in [1.54, 1.807) is 12.1 Å². The molecule has 1 atom stereocenters. The maximum Gasteiger partial charge on any atom is 0.527 e. The summed E-state index contributed by atoms with van der Waals surface area (Å²) in [6, 6.07) is 6.15. The average molecular weight is 330 g/mol. The van der Waals surface area contributed by atoms with Crippen LogP contribution in [-0.4, -0.2) is 31.2 Å². The standard InChI is InChI=1S/C14H19O7P/c1-11(2)14(15)19-9-4-10-20-22(16,17)21-13-7-5-12(18-3)6-8-13/h5-8H,1,4,9-10H2,2-3H3,(H,16,17). The quantitative estimate of drug-likeness (QED) is 0.322. The molecule has 0 saturated carbocycles. The molecule has 0 aliphatic carbocycles. The molecule has 0 amide bonds. The number of carbonyl (C=O) groups is 1. The number of esters is 1. The van der Waals surface area contributed by atoms with Crippen molar-refractivity contribution in [3.05, 3.63) is 36.4 Å². The van der Waals surface area contributed by atoms with E-state index >= 15 is 0 Å². The SMILES string of the molecule is C=C(C)C(=O)OCCCOP(=O)(O)Oc1ccc(OC)cc1. The van der Waals surface area contributed by atoms with Gasteiger partial charge in [-0.1, -0.05) is 6.58 Å². The molecule has 0 heterocycles. The largest absolute Gasteiger partial charge is 0.527 e. The fraction of sp³-hybridized carbons (Fsp3) is 0.357. The molecule has 8 heteroatoms. The van der Waals surface area contributed by atoms with E-state index in [1.807, 2.05) is 0 Å². The van der Waals surface area contributed by atoms with Gasteiger partial charge in [0.25, 0.3) is 0 Å². The molecule has 7 nitrogen and oxygen atoms in total. The highest BCUT2D eigenvalue weighted by atomic mass is 31.2. The van der Waals surface area contributed by atoms with E-state index in [2.05, 4.69) is 6.58 Å². The molecular formula is C14H19O7P. The summed E-state index contributed by atoms with van der Waals surface area (Å²) in [7, 11) is -2.71. The number of ether oxygens (including phenoxy) is 2. The van der Waals surface area contributed by atoms with E-state index in [4.69, 9.17) is 18.5 Å². The first kappa shape index (κ1) is 18.2. The molecule has 0 aromatic heterocycles. The predicted molar refractivity (Wildman–Crippen MR) is 79.8 cm³/mol. The average Bonchev–Trinajstić information content (AvgIpc) is 2.46. The predicted octanol–water partition coefficient (Wildman–Crippen LogP) is 2.70. The number of hydrogen-bond acceptors (Lipinski definition) is 6. The van der Waals surface area contributed by atoms with Gasteiger partial charge < -0.3 is 14.0 Å². The topological polar surface area (TPSA) is 91.3 Å². The Hall–Kier alpha value is -1.82. The van der Waals surface area contributed by atoms with Gasteiger partial charge in [-0.15, -0.1) is 0 Å². The lowest BCUT2D eigenvalue weighted by atomic mass is 10.3. The van der Waals surface area contributed by atoms with Gasteiger partial charge in [-0.2, -0.15) is 0 Å². The van der Waals surface area contributed by atoms with E-state index in [9.17, 15) is 14.3 Å². The van der Waals surface area contributed by atoms with E-state index < -0.39 is 13.8 Å². The Bertz CT molecular complexity index is 553. The molecule has 0 fully saturated rings. The number of carbonyl (C=O) groups excluding carboxylic acids is 1. The molecule has 0 aliphatic heterocycles. The van der Waals surface area contributed by atoms with Crippen LogP contribution in [0.1, 0.15) is 13.3 Å². The molecule has 1 aromatic rings. The van der Waals surface area contributed by atoms with Gasteiger partial charge >= 0.3 is 13.8 Å². The Morgan fingerprint density at radius 3 is 2.36 bits per heavy atom. The first-order valence-corrected chi connectivity index (χ1v) is 7.97. The van der Waals surface area contributed by atoms with Crippen molar-refractivity contribution in [3.8, 4) is 11.5 Å². The van der Waals surface area contributed by atoms with Crippen molar-refractivity contribution in [2.75, 3.05) is 20.3 Å². The molecule has 0 aliphatic rings. The third-order valence-corrected chi connectivity index (χ3v) is 3.36. The first-order valence-electron chi connectivity index (χ1n) is 6.47. The van der Waals surface area contributed by atoms with Gasteiger partial charge in [0.15, 0.2) is 0 Å². The van der Waals surface area contributed by atoms with Crippen molar-refractivity contribution in [1.29, 1.82) is 0 Å². The zero-order chi connectivity index (χ0) is 16.6. The third-order valence-electron chi connectivity index (χ3n) is 2.40. The van der Waals surface area contributed by atoms with Crippen LogP contribution in [0.15, 0.2) is 36.4 Å². The molecule has 1 N–H and O–H groups in total. The Labute approximate surface area is 129 Å². The lowest BCUT2D eigenvalue weighted by molar-refractivity contribution is -0.139. The van der Waals surface area contributed by atoms with Crippen molar-refractivity contribution in [2.24, 2.45) is 0 Å². The van der Waals surface area contributed by atoms with E-state index in [0.29, 0.717) is 5.75 Å². The van der Waals surface area contributed by atoms with Gasteiger partial charge in [0, 0.05) is 12.0 Å². The molecule has 0 radical (unpaired) electrons. The van der Waals surface area contributed by atoms with Gasteiger partial charge in [0.05, 0.1) is 20.3 Å². The molecule has 0 spiro atoms. The van der Waals surface area contributed by atoms with E-state index in [-0.39, 0.29) is 31.0 Å². The summed E-state index contributed by atoms with van der Waals surface area (Å²) in [5.74, 6) is 0.266.